The van der Waals surface area contributed by atoms with Gasteiger partial charge in [0.2, 0.25) is 5.01 Å². The third kappa shape index (κ3) is 2.56. The molecular weight excluding hydrogens is 240 g/mol. The molecule has 0 aromatic carbocycles. The minimum atomic E-state index is -0.325. The monoisotopic (exact) mass is 250 g/mol. The van der Waals surface area contributed by atoms with Crippen LogP contribution in [0.2, 0.25) is 0 Å². The van der Waals surface area contributed by atoms with E-state index in [4.69, 9.17) is 0 Å². The molecule has 2 heterocycles. The van der Waals surface area contributed by atoms with Crippen LogP contribution in [0.25, 0.3) is 0 Å². The molecule has 17 heavy (non-hydrogen) atoms. The molecule has 2 rings (SSSR count). The van der Waals surface area contributed by atoms with Crippen LogP contribution in [-0.4, -0.2) is 20.7 Å². The number of pyridine rings is 1. The van der Waals surface area contributed by atoms with Crippen molar-refractivity contribution < 1.29 is 4.79 Å². The van der Waals surface area contributed by atoms with E-state index >= 15 is 0 Å². The van der Waals surface area contributed by atoms with Gasteiger partial charge in [0.25, 0.3) is 11.5 Å². The maximum Gasteiger partial charge on any atom is 0.286 e. The van der Waals surface area contributed by atoms with Crippen molar-refractivity contribution in [3.05, 3.63) is 39.2 Å². The van der Waals surface area contributed by atoms with Gasteiger partial charge < -0.3 is 9.88 Å². The molecule has 1 N–H and O–H groups in total. The Bertz CT molecular complexity index is 576. The fourth-order valence-corrected chi connectivity index (χ4v) is 1.76. The van der Waals surface area contributed by atoms with Crippen LogP contribution in [0.4, 0.5) is 5.69 Å². The van der Waals surface area contributed by atoms with Crippen molar-refractivity contribution in [3.8, 4) is 0 Å². The number of anilines is 1. The lowest BCUT2D eigenvalue weighted by molar-refractivity contribution is 0.102. The summed E-state index contributed by atoms with van der Waals surface area (Å²) in [4.78, 5) is 23.0. The van der Waals surface area contributed by atoms with Gasteiger partial charge in [-0.15, -0.1) is 10.2 Å². The average Bonchev–Trinajstić information content (AvgIpc) is 2.85. The summed E-state index contributed by atoms with van der Waals surface area (Å²) in [6, 6.07) is 2.98. The maximum atomic E-state index is 11.7. The van der Waals surface area contributed by atoms with Crippen LogP contribution in [-0.2, 0) is 6.54 Å². The van der Waals surface area contributed by atoms with Crippen molar-refractivity contribution in [3.63, 3.8) is 0 Å². The molecule has 7 heteroatoms. The molecule has 0 unspecified atom stereocenters. The smallest absolute Gasteiger partial charge is 0.286 e. The lowest BCUT2D eigenvalue weighted by Crippen LogP contribution is -2.19. The number of carbonyl (C=O) groups is 1. The quantitative estimate of drug-likeness (QED) is 0.880. The van der Waals surface area contributed by atoms with Gasteiger partial charge in [-0.3, -0.25) is 9.59 Å². The molecule has 0 saturated heterocycles. The second-order valence-corrected chi connectivity index (χ2v) is 4.07. The van der Waals surface area contributed by atoms with Crippen LogP contribution in [0, 0.1) is 0 Å². The third-order valence-corrected chi connectivity index (χ3v) is 2.83. The fourth-order valence-electron chi connectivity index (χ4n) is 1.31. The summed E-state index contributed by atoms with van der Waals surface area (Å²) in [5, 5.41) is 10.2. The van der Waals surface area contributed by atoms with Crippen molar-refractivity contribution in [2.45, 2.75) is 13.5 Å². The van der Waals surface area contributed by atoms with E-state index in [9.17, 15) is 9.59 Å². The lowest BCUT2D eigenvalue weighted by Gasteiger charge is -2.06. The zero-order chi connectivity index (χ0) is 12.3. The first-order valence-corrected chi connectivity index (χ1v) is 5.86. The Balaban J connectivity index is 2.19. The summed E-state index contributed by atoms with van der Waals surface area (Å²) in [7, 11) is 0. The molecule has 0 radical (unpaired) electrons. The largest absolute Gasteiger partial charge is 0.319 e. The van der Waals surface area contributed by atoms with Gasteiger partial charge in [-0.2, -0.15) is 0 Å². The van der Waals surface area contributed by atoms with Gasteiger partial charge in [0, 0.05) is 18.8 Å². The molecule has 0 atom stereocenters. The Hall–Kier alpha value is -2.02. The summed E-state index contributed by atoms with van der Waals surface area (Å²) in [5.41, 5.74) is 1.95. The second kappa shape index (κ2) is 4.88. The Morgan fingerprint density at radius 3 is 3.00 bits per heavy atom. The zero-order valence-corrected chi connectivity index (χ0v) is 9.90. The van der Waals surface area contributed by atoms with Crippen molar-refractivity contribution in [1.82, 2.24) is 14.8 Å². The molecule has 0 aliphatic heterocycles. The van der Waals surface area contributed by atoms with Crippen molar-refractivity contribution >= 4 is 22.9 Å². The van der Waals surface area contributed by atoms with Gasteiger partial charge in [0.1, 0.15) is 5.51 Å². The van der Waals surface area contributed by atoms with Gasteiger partial charge in [-0.05, 0) is 13.0 Å². The van der Waals surface area contributed by atoms with E-state index < -0.39 is 0 Å². The molecule has 6 nitrogen and oxygen atoms in total. The molecule has 0 bridgehead atoms. The van der Waals surface area contributed by atoms with Crippen molar-refractivity contribution in [2.75, 3.05) is 5.32 Å². The van der Waals surface area contributed by atoms with Crippen molar-refractivity contribution in [1.29, 1.82) is 0 Å². The zero-order valence-electron chi connectivity index (χ0n) is 9.08. The summed E-state index contributed by atoms with van der Waals surface area (Å²) in [5.74, 6) is -0.325. The highest BCUT2D eigenvalue weighted by Gasteiger charge is 2.09. The molecule has 0 aliphatic carbocycles. The number of aryl methyl sites for hydroxylation is 1. The van der Waals surface area contributed by atoms with Gasteiger partial charge in [-0.25, -0.2) is 0 Å². The van der Waals surface area contributed by atoms with Crippen LogP contribution in [0.3, 0.4) is 0 Å². The first-order chi connectivity index (χ1) is 8.20. The highest BCUT2D eigenvalue weighted by molar-refractivity contribution is 7.11. The number of nitrogens with zero attached hydrogens (tertiary/aromatic N) is 3. The summed E-state index contributed by atoms with van der Waals surface area (Å²) >= 11 is 1.16. The minimum Gasteiger partial charge on any atom is -0.319 e. The molecule has 0 spiro atoms. The van der Waals surface area contributed by atoms with Crippen LogP contribution in [0.1, 0.15) is 16.7 Å². The number of hydrogen-bond donors (Lipinski definition) is 1. The second-order valence-electron chi connectivity index (χ2n) is 3.24. The number of rotatable bonds is 3. The van der Waals surface area contributed by atoms with Crippen LogP contribution < -0.4 is 10.9 Å². The Labute approximate surface area is 101 Å². The topological polar surface area (TPSA) is 76.9 Å². The molecule has 0 fully saturated rings. The number of nitrogens with one attached hydrogen (secondary N) is 1. The predicted octanol–water partition coefficient (Wildman–Crippen LogP) is 0.972. The maximum absolute atomic E-state index is 11.7. The number of hydrogen-bond acceptors (Lipinski definition) is 5. The Kier molecular flexibility index (Phi) is 3.29. The van der Waals surface area contributed by atoms with Crippen LogP contribution in [0.5, 0.6) is 0 Å². The predicted molar refractivity (Wildman–Crippen MR) is 64.2 cm³/mol. The third-order valence-electron chi connectivity index (χ3n) is 2.14. The average molecular weight is 250 g/mol. The normalized spacial score (nSPS) is 10.2. The molecule has 0 saturated carbocycles. The lowest BCUT2D eigenvalue weighted by atomic mass is 10.4. The van der Waals surface area contributed by atoms with E-state index in [2.05, 4.69) is 15.5 Å². The van der Waals surface area contributed by atoms with Gasteiger partial charge in [0.15, 0.2) is 0 Å². The molecule has 1 amide bonds. The van der Waals surface area contributed by atoms with E-state index in [-0.39, 0.29) is 11.5 Å². The molecule has 0 aliphatic rings. The van der Waals surface area contributed by atoms with E-state index in [1.165, 1.54) is 16.1 Å². The summed E-state index contributed by atoms with van der Waals surface area (Å²) in [6.45, 7) is 2.42. The standard InChI is InChI=1S/C10H10N4O2S/c1-2-14-5-7(3-4-8(14)15)12-9(16)10-13-11-6-17-10/h3-6H,2H2,1H3,(H,12,16). The van der Waals surface area contributed by atoms with E-state index in [1.54, 1.807) is 12.3 Å². The Morgan fingerprint density at radius 2 is 2.35 bits per heavy atom. The van der Waals surface area contributed by atoms with Gasteiger partial charge in [0.05, 0.1) is 5.69 Å². The molecule has 2 aromatic heterocycles. The number of amides is 1. The molecule has 2 aromatic rings. The molecular formula is C10H10N4O2S. The van der Waals surface area contributed by atoms with E-state index in [0.29, 0.717) is 17.2 Å². The highest BCUT2D eigenvalue weighted by atomic mass is 32.1. The van der Waals surface area contributed by atoms with Crippen LogP contribution in [0.15, 0.2) is 28.6 Å². The summed E-state index contributed by atoms with van der Waals surface area (Å²) in [6.07, 6.45) is 1.60. The first-order valence-electron chi connectivity index (χ1n) is 4.98. The summed E-state index contributed by atoms with van der Waals surface area (Å²) < 4.78 is 1.51. The van der Waals surface area contributed by atoms with E-state index in [1.807, 2.05) is 6.92 Å². The highest BCUT2D eigenvalue weighted by Crippen LogP contribution is 2.08. The first kappa shape index (κ1) is 11.5. The minimum absolute atomic E-state index is 0.0959. The molecule has 88 valence electrons. The Morgan fingerprint density at radius 1 is 1.53 bits per heavy atom. The van der Waals surface area contributed by atoms with Crippen LogP contribution >= 0.6 is 11.3 Å². The number of aromatic nitrogens is 3. The van der Waals surface area contributed by atoms with E-state index in [0.717, 1.165) is 11.3 Å². The van der Waals surface area contributed by atoms with Gasteiger partial charge >= 0.3 is 0 Å². The van der Waals surface area contributed by atoms with Crippen molar-refractivity contribution in [2.24, 2.45) is 0 Å². The SMILES string of the molecule is CCn1cc(NC(=O)c2nncs2)ccc1=O. The van der Waals surface area contributed by atoms with Gasteiger partial charge in [-0.1, -0.05) is 11.3 Å². The fraction of sp³-hybridized carbons (Fsp3) is 0.200. The number of carbonyl (C=O) groups excluding carboxylic acids is 1.